The van der Waals surface area contributed by atoms with E-state index in [9.17, 15) is 26.8 Å². The summed E-state index contributed by atoms with van der Waals surface area (Å²) in [6.07, 6.45) is 3.35. The number of benzene rings is 2. The van der Waals surface area contributed by atoms with Crippen LogP contribution in [-0.4, -0.2) is 44.7 Å². The van der Waals surface area contributed by atoms with Gasteiger partial charge in [-0.2, -0.15) is 4.31 Å². The lowest BCUT2D eigenvalue weighted by molar-refractivity contribution is -0.122. The van der Waals surface area contributed by atoms with Gasteiger partial charge in [0, 0.05) is 25.7 Å². The maximum atomic E-state index is 13.7. The summed E-state index contributed by atoms with van der Waals surface area (Å²) in [5.41, 5.74) is -0.0303. The van der Waals surface area contributed by atoms with E-state index in [0.717, 1.165) is 43.9 Å². The van der Waals surface area contributed by atoms with Gasteiger partial charge in [0.15, 0.2) is 11.6 Å². The number of carbonyl (C=O) groups is 2. The molecule has 1 heterocycles. The number of nitrogens with one attached hydrogen (secondary N) is 2. The number of hydrogen-bond acceptors (Lipinski definition) is 4. The van der Waals surface area contributed by atoms with Gasteiger partial charge in [0.2, 0.25) is 15.9 Å². The third-order valence-corrected chi connectivity index (χ3v) is 7.82. The van der Waals surface area contributed by atoms with E-state index >= 15 is 0 Å². The molecule has 0 aliphatic carbocycles. The fourth-order valence-electron chi connectivity index (χ4n) is 3.61. The summed E-state index contributed by atoms with van der Waals surface area (Å²) < 4.78 is 54.7. The highest BCUT2D eigenvalue weighted by Crippen LogP contribution is 2.28. The van der Waals surface area contributed by atoms with Crippen molar-refractivity contribution in [3.05, 3.63) is 64.2 Å². The lowest BCUT2D eigenvalue weighted by Crippen LogP contribution is -2.39. The Morgan fingerprint density at radius 1 is 1.00 bits per heavy atom. The molecule has 1 aliphatic rings. The maximum Gasteiger partial charge on any atom is 0.252 e. The summed E-state index contributed by atoms with van der Waals surface area (Å²) in [5, 5.41) is 4.77. The molecule has 1 saturated heterocycles. The smallest absolute Gasteiger partial charge is 0.252 e. The van der Waals surface area contributed by atoms with Gasteiger partial charge in [0.1, 0.15) is 10.9 Å². The number of carbonyl (C=O) groups excluding carboxylic acids is 2. The van der Waals surface area contributed by atoms with Gasteiger partial charge in [-0.15, -0.1) is 0 Å². The molecule has 2 N–H and O–H groups in total. The summed E-state index contributed by atoms with van der Waals surface area (Å²) in [4.78, 5) is 25.0. The quantitative estimate of drug-likeness (QED) is 0.636. The van der Waals surface area contributed by atoms with Gasteiger partial charge in [-0.1, -0.05) is 30.5 Å². The minimum atomic E-state index is -3.93. The van der Waals surface area contributed by atoms with Gasteiger partial charge < -0.3 is 10.6 Å². The largest absolute Gasteiger partial charge is 0.357 e. The average molecular weight is 500 g/mol. The number of likely N-dealkylation sites (N-methyl/N-ethyl adjacent to an activating group) is 1. The number of sulfonamides is 1. The third kappa shape index (κ3) is 5.69. The topological polar surface area (TPSA) is 95.6 Å². The zero-order valence-corrected chi connectivity index (χ0v) is 19.5. The van der Waals surface area contributed by atoms with Gasteiger partial charge in [-0.25, -0.2) is 17.2 Å². The van der Waals surface area contributed by atoms with E-state index in [1.54, 1.807) is 0 Å². The van der Waals surface area contributed by atoms with Crippen molar-refractivity contribution < 1.29 is 26.8 Å². The monoisotopic (exact) mass is 499 g/mol. The molecule has 0 bridgehead atoms. The summed E-state index contributed by atoms with van der Waals surface area (Å²) in [6.45, 7) is 0.730. The van der Waals surface area contributed by atoms with Crippen LogP contribution in [0.4, 0.5) is 8.78 Å². The molecule has 1 fully saturated rings. The van der Waals surface area contributed by atoms with Crippen molar-refractivity contribution in [1.82, 2.24) is 14.9 Å². The van der Waals surface area contributed by atoms with Crippen LogP contribution in [0.1, 0.15) is 47.6 Å². The minimum Gasteiger partial charge on any atom is -0.357 e. The van der Waals surface area contributed by atoms with Crippen LogP contribution < -0.4 is 10.6 Å². The molecular weight excluding hydrogens is 476 g/mol. The van der Waals surface area contributed by atoms with Crippen molar-refractivity contribution in [3.63, 3.8) is 0 Å². The van der Waals surface area contributed by atoms with Crippen LogP contribution in [0.15, 0.2) is 41.3 Å². The highest BCUT2D eigenvalue weighted by Gasteiger charge is 2.29. The molecule has 2 aromatic rings. The first kappa shape index (κ1) is 25.1. The third-order valence-electron chi connectivity index (χ3n) is 5.44. The molecule has 178 valence electrons. The van der Waals surface area contributed by atoms with Crippen molar-refractivity contribution in [3.8, 4) is 0 Å². The molecule has 2 amide bonds. The number of hydrogen-bond donors (Lipinski definition) is 2. The van der Waals surface area contributed by atoms with Crippen LogP contribution in [-0.2, 0) is 14.8 Å². The second-order valence-corrected chi connectivity index (χ2v) is 9.97. The molecule has 3 rings (SSSR count). The highest BCUT2D eigenvalue weighted by molar-refractivity contribution is 7.89. The first-order valence-corrected chi connectivity index (χ1v) is 12.2. The van der Waals surface area contributed by atoms with Crippen molar-refractivity contribution in [2.45, 2.75) is 36.6 Å². The predicted molar refractivity (Wildman–Crippen MR) is 119 cm³/mol. The first-order valence-electron chi connectivity index (χ1n) is 10.4. The van der Waals surface area contributed by atoms with Crippen LogP contribution in [0.5, 0.6) is 0 Å². The number of amides is 2. The summed E-state index contributed by atoms with van der Waals surface area (Å²) in [6, 6.07) is 5.28. The SMILES string of the molecule is CNC(=O)C(NC(=O)c1ccc(Cl)c(S(=O)(=O)N2CCCCCC2)c1)c1ccc(F)c(F)c1. The van der Waals surface area contributed by atoms with E-state index in [1.165, 1.54) is 29.6 Å². The van der Waals surface area contributed by atoms with Crippen LogP contribution in [0.3, 0.4) is 0 Å². The molecule has 1 aliphatic heterocycles. The second kappa shape index (κ2) is 10.6. The van der Waals surface area contributed by atoms with Gasteiger partial charge in [0.25, 0.3) is 5.91 Å². The fourth-order valence-corrected chi connectivity index (χ4v) is 5.63. The molecular formula is C22H24ClF2N3O4S. The predicted octanol–water partition coefficient (Wildman–Crippen LogP) is 3.40. The second-order valence-electron chi connectivity index (χ2n) is 7.66. The Hall–Kier alpha value is -2.56. The van der Waals surface area contributed by atoms with E-state index < -0.39 is 39.5 Å². The van der Waals surface area contributed by atoms with Crippen LogP contribution in [0.2, 0.25) is 5.02 Å². The van der Waals surface area contributed by atoms with E-state index in [1.807, 2.05) is 0 Å². The Bertz CT molecular complexity index is 1150. The normalized spacial score (nSPS) is 16.0. The number of halogens is 3. The van der Waals surface area contributed by atoms with E-state index in [4.69, 9.17) is 11.6 Å². The molecule has 0 aromatic heterocycles. The van der Waals surface area contributed by atoms with Gasteiger partial charge >= 0.3 is 0 Å². The molecule has 0 spiro atoms. The van der Waals surface area contributed by atoms with Crippen LogP contribution in [0.25, 0.3) is 0 Å². The van der Waals surface area contributed by atoms with E-state index in [-0.39, 0.29) is 21.0 Å². The summed E-state index contributed by atoms with van der Waals surface area (Å²) >= 11 is 6.17. The maximum absolute atomic E-state index is 13.7. The van der Waals surface area contributed by atoms with Crippen molar-refractivity contribution >= 4 is 33.4 Å². The van der Waals surface area contributed by atoms with Gasteiger partial charge in [0.05, 0.1) is 5.02 Å². The molecule has 1 atom stereocenters. The fraction of sp³-hybridized carbons (Fsp3) is 0.364. The minimum absolute atomic E-state index is 0.0213. The molecule has 33 heavy (non-hydrogen) atoms. The number of nitrogens with zero attached hydrogens (tertiary/aromatic N) is 1. The van der Waals surface area contributed by atoms with E-state index in [0.29, 0.717) is 13.1 Å². The number of rotatable bonds is 6. The Kier molecular flexibility index (Phi) is 8.04. The first-order chi connectivity index (χ1) is 15.6. The lowest BCUT2D eigenvalue weighted by atomic mass is 10.0. The lowest BCUT2D eigenvalue weighted by Gasteiger charge is -2.21. The van der Waals surface area contributed by atoms with Crippen LogP contribution in [0, 0.1) is 11.6 Å². The molecule has 2 aromatic carbocycles. The molecule has 0 saturated carbocycles. The molecule has 1 unspecified atom stereocenters. The Balaban J connectivity index is 1.91. The zero-order valence-electron chi connectivity index (χ0n) is 17.9. The molecule has 0 radical (unpaired) electrons. The van der Waals surface area contributed by atoms with Crippen LogP contribution >= 0.6 is 11.6 Å². The average Bonchev–Trinajstić information content (AvgIpc) is 3.09. The zero-order chi connectivity index (χ0) is 24.2. The Morgan fingerprint density at radius 3 is 2.27 bits per heavy atom. The Morgan fingerprint density at radius 2 is 1.67 bits per heavy atom. The molecule has 7 nitrogen and oxygen atoms in total. The highest BCUT2D eigenvalue weighted by atomic mass is 35.5. The van der Waals surface area contributed by atoms with Crippen molar-refractivity contribution in [2.75, 3.05) is 20.1 Å². The van der Waals surface area contributed by atoms with Gasteiger partial charge in [-0.3, -0.25) is 9.59 Å². The molecule has 11 heteroatoms. The Labute approximate surface area is 196 Å². The summed E-state index contributed by atoms with van der Waals surface area (Å²) in [5.74, 6) is -3.71. The van der Waals surface area contributed by atoms with Crippen molar-refractivity contribution in [2.24, 2.45) is 0 Å². The van der Waals surface area contributed by atoms with E-state index in [2.05, 4.69) is 10.6 Å². The van der Waals surface area contributed by atoms with Gasteiger partial charge in [-0.05, 0) is 48.7 Å². The summed E-state index contributed by atoms with van der Waals surface area (Å²) in [7, 11) is -2.60. The van der Waals surface area contributed by atoms with Crippen molar-refractivity contribution in [1.29, 1.82) is 0 Å². The standard InChI is InChI=1S/C22H24ClF2N3O4S/c1-26-22(30)20(14-7-9-17(24)18(25)12-14)27-21(29)15-6-8-16(23)19(13-15)33(31,32)28-10-4-2-3-5-11-28/h6-9,12-13,20H,2-5,10-11H2,1H3,(H,26,30)(H,27,29).